The van der Waals surface area contributed by atoms with Gasteiger partial charge in [-0.1, -0.05) is 30.5 Å². The fraction of sp³-hybridized carbons (Fsp3) is 0.632. The average Bonchev–Trinajstić information content (AvgIpc) is 3.16. The molecule has 0 unspecified atom stereocenters. The topological polar surface area (TPSA) is 84.6 Å². The lowest BCUT2D eigenvalue weighted by atomic mass is 9.97. The molecular weight excluding hydrogens is 304 g/mol. The summed E-state index contributed by atoms with van der Waals surface area (Å²) in [5.41, 5.74) is 6.64. The highest BCUT2D eigenvalue weighted by Crippen LogP contribution is 2.31. The first kappa shape index (κ1) is 17.2. The minimum Gasteiger partial charge on any atom is -0.488 e. The van der Waals surface area contributed by atoms with Crippen LogP contribution in [0, 0.1) is 12.8 Å². The van der Waals surface area contributed by atoms with Crippen molar-refractivity contribution in [2.45, 2.75) is 63.2 Å². The van der Waals surface area contributed by atoms with Crippen LogP contribution < -0.4 is 15.8 Å². The minimum absolute atomic E-state index is 0.0226. The third kappa shape index (κ3) is 3.73. The Hall–Kier alpha value is -1.59. The Morgan fingerprint density at radius 3 is 2.62 bits per heavy atom. The van der Waals surface area contributed by atoms with Crippen molar-refractivity contribution in [2.75, 3.05) is 6.54 Å². The van der Waals surface area contributed by atoms with Crippen LogP contribution in [0.1, 0.15) is 44.1 Å². The van der Waals surface area contributed by atoms with Gasteiger partial charge in [0.05, 0.1) is 11.6 Å². The number of hydrogen-bond donors (Lipinski definition) is 3. The van der Waals surface area contributed by atoms with Gasteiger partial charge in [-0.15, -0.1) is 0 Å². The molecular formula is C19H28N2O3. The van der Waals surface area contributed by atoms with Gasteiger partial charge in [-0.2, -0.15) is 0 Å². The highest BCUT2D eigenvalue weighted by Gasteiger charge is 2.39. The molecule has 2 saturated carbocycles. The number of amides is 1. The summed E-state index contributed by atoms with van der Waals surface area (Å²) in [6, 6.07) is 7.85. The Kier molecular flexibility index (Phi) is 5.11. The van der Waals surface area contributed by atoms with Crippen molar-refractivity contribution in [1.29, 1.82) is 0 Å². The van der Waals surface area contributed by atoms with Gasteiger partial charge in [-0.3, -0.25) is 4.79 Å². The second kappa shape index (κ2) is 7.11. The Labute approximate surface area is 143 Å². The van der Waals surface area contributed by atoms with Crippen LogP contribution >= 0.6 is 0 Å². The largest absolute Gasteiger partial charge is 0.488 e. The molecule has 3 rings (SSSR count). The number of benzene rings is 1. The summed E-state index contributed by atoms with van der Waals surface area (Å²) >= 11 is 0. The van der Waals surface area contributed by atoms with E-state index in [4.69, 9.17) is 10.5 Å². The molecule has 5 heteroatoms. The van der Waals surface area contributed by atoms with Gasteiger partial charge >= 0.3 is 0 Å². The lowest BCUT2D eigenvalue weighted by Crippen LogP contribution is -2.53. The molecule has 1 aromatic carbocycles. The maximum Gasteiger partial charge on any atom is 0.240 e. The van der Waals surface area contributed by atoms with Gasteiger partial charge in [0.15, 0.2) is 0 Å². The second-order valence-electron chi connectivity index (χ2n) is 7.37. The molecule has 2 fully saturated rings. The first-order chi connectivity index (χ1) is 11.5. The Balaban J connectivity index is 1.49. The predicted molar refractivity (Wildman–Crippen MR) is 92.7 cm³/mol. The number of aliphatic hydroxyl groups excluding tert-OH is 1. The fourth-order valence-electron chi connectivity index (χ4n) is 3.80. The molecule has 0 spiro atoms. The van der Waals surface area contributed by atoms with Crippen LogP contribution in [0.4, 0.5) is 0 Å². The Bertz CT molecular complexity index is 566. The van der Waals surface area contributed by atoms with Gasteiger partial charge < -0.3 is 20.9 Å². The first-order valence-electron chi connectivity index (χ1n) is 8.96. The molecule has 2 aliphatic rings. The predicted octanol–water partition coefficient (Wildman–Crippen LogP) is 1.90. The summed E-state index contributed by atoms with van der Waals surface area (Å²) < 4.78 is 5.91. The number of nitrogens with one attached hydrogen (secondary N) is 1. The Morgan fingerprint density at radius 1 is 1.29 bits per heavy atom. The molecule has 0 aromatic heterocycles. The summed E-state index contributed by atoms with van der Waals surface area (Å²) in [6.07, 6.45) is 4.40. The molecule has 0 heterocycles. The number of aryl methyl sites for hydroxylation is 1. The van der Waals surface area contributed by atoms with Gasteiger partial charge in [0.1, 0.15) is 11.9 Å². The number of hydrogen-bond acceptors (Lipinski definition) is 4. The van der Waals surface area contributed by atoms with E-state index >= 15 is 0 Å². The van der Waals surface area contributed by atoms with E-state index in [1.54, 1.807) is 0 Å². The molecule has 0 saturated heterocycles. The summed E-state index contributed by atoms with van der Waals surface area (Å²) in [5, 5.41) is 13.4. The fourth-order valence-corrected chi connectivity index (χ4v) is 3.80. The zero-order chi connectivity index (χ0) is 17.2. The van der Waals surface area contributed by atoms with Crippen LogP contribution in [0.15, 0.2) is 24.3 Å². The van der Waals surface area contributed by atoms with Crippen molar-refractivity contribution in [3.63, 3.8) is 0 Å². The monoisotopic (exact) mass is 332 g/mol. The van der Waals surface area contributed by atoms with Gasteiger partial charge in [0.2, 0.25) is 5.91 Å². The van der Waals surface area contributed by atoms with Crippen molar-refractivity contribution < 1.29 is 14.6 Å². The smallest absolute Gasteiger partial charge is 0.240 e. The van der Waals surface area contributed by atoms with E-state index in [0.717, 1.165) is 44.3 Å². The van der Waals surface area contributed by atoms with Crippen molar-refractivity contribution in [1.82, 2.24) is 5.32 Å². The maximum absolute atomic E-state index is 12.3. The number of carbonyl (C=O) groups is 1. The number of nitrogens with two attached hydrogens (primary N) is 1. The molecule has 5 nitrogen and oxygen atoms in total. The van der Waals surface area contributed by atoms with E-state index < -0.39 is 11.6 Å². The van der Waals surface area contributed by atoms with E-state index in [2.05, 4.69) is 5.32 Å². The number of ether oxygens (including phenoxy) is 1. The van der Waals surface area contributed by atoms with Gasteiger partial charge in [0.25, 0.3) is 0 Å². The van der Waals surface area contributed by atoms with Crippen molar-refractivity contribution in [3.05, 3.63) is 29.8 Å². The van der Waals surface area contributed by atoms with Crippen LogP contribution in [-0.2, 0) is 4.79 Å². The molecule has 0 bridgehead atoms. The van der Waals surface area contributed by atoms with Crippen LogP contribution in [0.5, 0.6) is 5.75 Å². The molecule has 132 valence electrons. The molecule has 0 aliphatic heterocycles. The van der Waals surface area contributed by atoms with Crippen LogP contribution in [-0.4, -0.2) is 35.3 Å². The zero-order valence-corrected chi connectivity index (χ0v) is 14.3. The first-order valence-corrected chi connectivity index (χ1v) is 8.96. The van der Waals surface area contributed by atoms with E-state index in [9.17, 15) is 9.90 Å². The standard InChI is InChI=1S/C19H28N2O3/c1-13-4-7-15(8-5-13)24-16-9-6-14(17(16)22)12-21-18(23)19(20)10-2-3-11-19/h4-5,7-8,14,16-17,22H,2-3,6,9-12,20H2,1H3,(H,21,23)/t14-,16-,17-/m1/s1. The van der Waals surface area contributed by atoms with Gasteiger partial charge in [-0.25, -0.2) is 0 Å². The quantitative estimate of drug-likeness (QED) is 0.769. The molecule has 1 aromatic rings. The van der Waals surface area contributed by atoms with Crippen LogP contribution in [0.25, 0.3) is 0 Å². The molecule has 3 atom stereocenters. The number of aliphatic hydroxyl groups is 1. The summed E-state index contributed by atoms with van der Waals surface area (Å²) in [6.45, 7) is 2.49. The van der Waals surface area contributed by atoms with E-state index in [1.807, 2.05) is 31.2 Å². The summed E-state index contributed by atoms with van der Waals surface area (Å²) in [5.74, 6) is 0.728. The lowest BCUT2D eigenvalue weighted by Gasteiger charge is -2.25. The third-order valence-corrected chi connectivity index (χ3v) is 5.47. The zero-order valence-electron chi connectivity index (χ0n) is 14.3. The van der Waals surface area contributed by atoms with Gasteiger partial charge in [-0.05, 0) is 44.7 Å². The second-order valence-corrected chi connectivity index (χ2v) is 7.37. The van der Waals surface area contributed by atoms with E-state index in [1.165, 1.54) is 5.56 Å². The van der Waals surface area contributed by atoms with Crippen LogP contribution in [0.2, 0.25) is 0 Å². The molecule has 24 heavy (non-hydrogen) atoms. The number of rotatable bonds is 5. The van der Waals surface area contributed by atoms with E-state index in [-0.39, 0.29) is 17.9 Å². The summed E-state index contributed by atoms with van der Waals surface area (Å²) in [7, 11) is 0. The molecule has 4 N–H and O–H groups in total. The summed E-state index contributed by atoms with van der Waals surface area (Å²) in [4.78, 5) is 12.3. The molecule has 2 aliphatic carbocycles. The maximum atomic E-state index is 12.3. The average molecular weight is 332 g/mol. The highest BCUT2D eigenvalue weighted by molar-refractivity contribution is 5.86. The van der Waals surface area contributed by atoms with Crippen LogP contribution in [0.3, 0.4) is 0 Å². The minimum atomic E-state index is -0.707. The van der Waals surface area contributed by atoms with Crippen molar-refractivity contribution in [2.24, 2.45) is 11.7 Å². The Morgan fingerprint density at radius 2 is 1.96 bits per heavy atom. The SMILES string of the molecule is Cc1ccc(O[C@@H]2CC[C@H](CNC(=O)C3(N)CCCC3)[C@H]2O)cc1. The normalized spacial score (nSPS) is 28.7. The van der Waals surface area contributed by atoms with E-state index in [0.29, 0.717) is 6.54 Å². The molecule has 0 radical (unpaired) electrons. The van der Waals surface area contributed by atoms with Crippen molar-refractivity contribution in [3.8, 4) is 5.75 Å². The molecule has 1 amide bonds. The third-order valence-electron chi connectivity index (χ3n) is 5.47. The highest BCUT2D eigenvalue weighted by atomic mass is 16.5. The number of carbonyl (C=O) groups excluding carboxylic acids is 1. The van der Waals surface area contributed by atoms with Crippen molar-refractivity contribution >= 4 is 5.91 Å². The lowest BCUT2D eigenvalue weighted by molar-refractivity contribution is -0.126. The van der Waals surface area contributed by atoms with Gasteiger partial charge in [0, 0.05) is 12.5 Å².